The first kappa shape index (κ1) is 12.1. The molecule has 9 heavy (non-hydrogen) atoms. The molecule has 0 heterocycles. The standard InChI is InChI=1S/C6H10O2.Na.H/c1-6(5-8)3-2-4-7;;/h4-6H,2-3H2,1H3;;. The van der Waals surface area contributed by atoms with Crippen LogP contribution in [0.25, 0.3) is 0 Å². The van der Waals surface area contributed by atoms with E-state index >= 15 is 0 Å². The van der Waals surface area contributed by atoms with E-state index in [9.17, 15) is 9.59 Å². The normalized spacial score (nSPS) is 11.2. The molecule has 0 aliphatic rings. The van der Waals surface area contributed by atoms with Gasteiger partial charge in [-0.3, -0.25) is 0 Å². The van der Waals surface area contributed by atoms with Crippen molar-refractivity contribution in [3.05, 3.63) is 0 Å². The van der Waals surface area contributed by atoms with Crippen molar-refractivity contribution in [3.63, 3.8) is 0 Å². The van der Waals surface area contributed by atoms with Crippen LogP contribution in [0.5, 0.6) is 0 Å². The number of rotatable bonds is 4. The van der Waals surface area contributed by atoms with Crippen molar-refractivity contribution in [2.24, 2.45) is 5.92 Å². The van der Waals surface area contributed by atoms with E-state index in [2.05, 4.69) is 0 Å². The summed E-state index contributed by atoms with van der Waals surface area (Å²) in [5.74, 6) is 0.0419. The van der Waals surface area contributed by atoms with Gasteiger partial charge in [0.2, 0.25) is 0 Å². The average molecular weight is 138 g/mol. The molecule has 3 heteroatoms. The van der Waals surface area contributed by atoms with Gasteiger partial charge in [-0.1, -0.05) is 6.92 Å². The first-order valence-electron chi connectivity index (χ1n) is 2.70. The van der Waals surface area contributed by atoms with Gasteiger partial charge in [0, 0.05) is 12.3 Å². The van der Waals surface area contributed by atoms with Gasteiger partial charge in [-0.05, 0) is 6.42 Å². The minimum absolute atomic E-state index is 0. The molecule has 0 amide bonds. The second-order valence-electron chi connectivity index (χ2n) is 1.86. The van der Waals surface area contributed by atoms with E-state index < -0.39 is 0 Å². The zero-order valence-electron chi connectivity index (χ0n) is 4.96. The quantitative estimate of drug-likeness (QED) is 0.409. The van der Waals surface area contributed by atoms with Crippen molar-refractivity contribution in [1.29, 1.82) is 0 Å². The van der Waals surface area contributed by atoms with Gasteiger partial charge >= 0.3 is 29.6 Å². The second-order valence-corrected chi connectivity index (χ2v) is 1.86. The molecule has 0 radical (unpaired) electrons. The van der Waals surface area contributed by atoms with Gasteiger partial charge in [-0.2, -0.15) is 0 Å². The summed E-state index contributed by atoms with van der Waals surface area (Å²) in [6, 6.07) is 0. The number of carbonyl (C=O) groups excluding carboxylic acids is 2. The van der Waals surface area contributed by atoms with Gasteiger partial charge in [0.25, 0.3) is 0 Å². The predicted molar refractivity (Wildman–Crippen MR) is 37.7 cm³/mol. The number of hydrogen-bond donors (Lipinski definition) is 0. The molecule has 1 atom stereocenters. The summed E-state index contributed by atoms with van der Waals surface area (Å²) in [5, 5.41) is 0. The third-order valence-electron chi connectivity index (χ3n) is 0.972. The summed E-state index contributed by atoms with van der Waals surface area (Å²) in [6.07, 6.45) is 2.89. The van der Waals surface area contributed by atoms with Crippen LogP contribution in [-0.4, -0.2) is 42.1 Å². The van der Waals surface area contributed by atoms with Gasteiger partial charge in [0.05, 0.1) is 0 Å². The van der Waals surface area contributed by atoms with E-state index in [0.29, 0.717) is 12.8 Å². The molecule has 0 fully saturated rings. The van der Waals surface area contributed by atoms with Gasteiger partial charge in [0.1, 0.15) is 12.6 Å². The molecule has 0 saturated heterocycles. The second kappa shape index (κ2) is 8.34. The maximum absolute atomic E-state index is 9.89. The first-order chi connectivity index (χ1) is 3.81. The predicted octanol–water partition coefficient (Wildman–Crippen LogP) is 0.152. The fraction of sp³-hybridized carbons (Fsp3) is 0.667. The van der Waals surface area contributed by atoms with E-state index in [1.54, 1.807) is 6.92 Å². The summed E-state index contributed by atoms with van der Waals surface area (Å²) in [4.78, 5) is 19.6. The summed E-state index contributed by atoms with van der Waals surface area (Å²) < 4.78 is 0. The van der Waals surface area contributed by atoms with E-state index in [1.807, 2.05) is 0 Å². The molecule has 0 saturated carbocycles. The fourth-order valence-electron chi connectivity index (χ4n) is 0.399. The van der Waals surface area contributed by atoms with Crippen molar-refractivity contribution in [2.45, 2.75) is 19.8 Å². The van der Waals surface area contributed by atoms with Crippen LogP contribution in [0.15, 0.2) is 0 Å². The molecule has 2 nitrogen and oxygen atoms in total. The van der Waals surface area contributed by atoms with Gasteiger partial charge in [-0.15, -0.1) is 0 Å². The molecule has 0 rings (SSSR count). The summed E-state index contributed by atoms with van der Waals surface area (Å²) in [6.45, 7) is 1.80. The van der Waals surface area contributed by atoms with Crippen molar-refractivity contribution in [3.8, 4) is 0 Å². The molecule has 0 N–H and O–H groups in total. The zero-order valence-corrected chi connectivity index (χ0v) is 4.96. The minimum atomic E-state index is 0. The number of hydrogen-bond acceptors (Lipinski definition) is 2. The molecule has 0 aromatic carbocycles. The molecule has 0 spiro atoms. The molecule has 1 unspecified atom stereocenters. The molecule has 48 valence electrons. The molecule has 0 bridgehead atoms. The monoisotopic (exact) mass is 138 g/mol. The van der Waals surface area contributed by atoms with Crippen LogP contribution in [0.3, 0.4) is 0 Å². The Morgan fingerprint density at radius 3 is 2.33 bits per heavy atom. The summed E-state index contributed by atoms with van der Waals surface area (Å²) in [5.41, 5.74) is 0. The van der Waals surface area contributed by atoms with E-state index in [4.69, 9.17) is 0 Å². The summed E-state index contributed by atoms with van der Waals surface area (Å²) >= 11 is 0. The maximum atomic E-state index is 9.89. The van der Waals surface area contributed by atoms with Crippen LogP contribution < -0.4 is 0 Å². The van der Waals surface area contributed by atoms with Crippen molar-refractivity contribution in [1.82, 2.24) is 0 Å². The van der Waals surface area contributed by atoms with Crippen molar-refractivity contribution < 1.29 is 9.59 Å². The van der Waals surface area contributed by atoms with Crippen LogP contribution in [0, 0.1) is 5.92 Å². The third-order valence-corrected chi connectivity index (χ3v) is 0.972. The summed E-state index contributed by atoms with van der Waals surface area (Å²) in [7, 11) is 0. The van der Waals surface area contributed by atoms with Gasteiger partial charge < -0.3 is 9.59 Å². The third kappa shape index (κ3) is 8.34. The van der Waals surface area contributed by atoms with Crippen LogP contribution >= 0.6 is 0 Å². The van der Waals surface area contributed by atoms with E-state index in [-0.39, 0.29) is 35.5 Å². The Balaban J connectivity index is 0. The Kier molecular flexibility index (Phi) is 11.2. The Morgan fingerprint density at radius 1 is 1.44 bits per heavy atom. The molecule has 0 aliphatic carbocycles. The van der Waals surface area contributed by atoms with Crippen LogP contribution in [-0.2, 0) is 9.59 Å². The Hall–Kier alpha value is 0.340. The van der Waals surface area contributed by atoms with E-state index in [1.165, 1.54) is 0 Å². The van der Waals surface area contributed by atoms with E-state index in [0.717, 1.165) is 12.6 Å². The van der Waals surface area contributed by atoms with Gasteiger partial charge in [0.15, 0.2) is 0 Å². The molecule has 0 aromatic rings. The first-order valence-corrected chi connectivity index (χ1v) is 2.70. The van der Waals surface area contributed by atoms with Crippen molar-refractivity contribution >= 4 is 42.1 Å². The number of carbonyl (C=O) groups is 2. The topological polar surface area (TPSA) is 34.1 Å². The number of aldehydes is 2. The van der Waals surface area contributed by atoms with Crippen LogP contribution in [0.2, 0.25) is 0 Å². The molecule has 0 aromatic heterocycles. The Bertz CT molecular complexity index is 83.1. The fourth-order valence-corrected chi connectivity index (χ4v) is 0.399. The molecular formula is C6H11NaO2. The van der Waals surface area contributed by atoms with Crippen LogP contribution in [0.4, 0.5) is 0 Å². The van der Waals surface area contributed by atoms with Gasteiger partial charge in [-0.25, -0.2) is 0 Å². The zero-order chi connectivity index (χ0) is 6.41. The average Bonchev–Trinajstić information content (AvgIpc) is 1.83. The Labute approximate surface area is 77.3 Å². The SMILES string of the molecule is CC(C=O)CCC=O.[NaH]. The molecule has 0 aliphatic heterocycles. The molecular weight excluding hydrogens is 127 g/mol. The van der Waals surface area contributed by atoms with Crippen molar-refractivity contribution in [2.75, 3.05) is 0 Å². The van der Waals surface area contributed by atoms with Crippen LogP contribution in [0.1, 0.15) is 19.8 Å². The Morgan fingerprint density at radius 2 is 2.00 bits per heavy atom.